The zero-order valence-electron chi connectivity index (χ0n) is 17.3. The van der Waals surface area contributed by atoms with Crippen LogP contribution in [0.2, 0.25) is 0 Å². The number of nitrogens with one attached hydrogen (secondary N) is 2. The molecule has 0 spiro atoms. The maximum absolute atomic E-state index is 13.9. The van der Waals surface area contributed by atoms with Crippen molar-refractivity contribution in [3.05, 3.63) is 94.7 Å². The number of H-pyrrole nitrogens is 1. The number of amides is 1. The number of nitrogens with zero attached hydrogens (tertiary/aromatic N) is 3. The van der Waals surface area contributed by atoms with Crippen LogP contribution in [-0.4, -0.2) is 25.7 Å². The second-order valence-corrected chi connectivity index (χ2v) is 8.34. The van der Waals surface area contributed by atoms with Gasteiger partial charge in [0.05, 0.1) is 28.5 Å². The topological polar surface area (TPSA) is 75.6 Å². The van der Waals surface area contributed by atoms with E-state index in [0.717, 1.165) is 22.8 Å². The van der Waals surface area contributed by atoms with Gasteiger partial charge < -0.3 is 10.3 Å². The minimum Gasteiger partial charge on any atom is -0.338 e. The lowest BCUT2D eigenvalue weighted by molar-refractivity contribution is -0.143. The molecular formula is C24H15BrF3N5O. The molecule has 0 fully saturated rings. The maximum atomic E-state index is 13.9. The summed E-state index contributed by atoms with van der Waals surface area (Å²) in [5.41, 5.74) is 1.28. The Morgan fingerprint density at radius 1 is 0.971 bits per heavy atom. The molecule has 0 aliphatic carbocycles. The van der Waals surface area contributed by atoms with Crippen molar-refractivity contribution in [3.8, 4) is 17.1 Å². The molecule has 0 saturated carbocycles. The largest absolute Gasteiger partial charge is 0.434 e. The second-order valence-electron chi connectivity index (χ2n) is 7.43. The molecule has 0 unspecified atom stereocenters. The van der Waals surface area contributed by atoms with Crippen molar-refractivity contribution in [2.75, 3.05) is 5.32 Å². The van der Waals surface area contributed by atoms with Crippen LogP contribution in [0, 0.1) is 0 Å². The summed E-state index contributed by atoms with van der Waals surface area (Å²) in [7, 11) is 0. The number of fused-ring (bicyclic) bond motifs is 1. The van der Waals surface area contributed by atoms with Gasteiger partial charge in [0.2, 0.25) is 0 Å². The molecule has 3 aromatic carbocycles. The van der Waals surface area contributed by atoms with Crippen LogP contribution in [0.25, 0.3) is 28.1 Å². The smallest absolute Gasteiger partial charge is 0.338 e. The van der Waals surface area contributed by atoms with Crippen LogP contribution >= 0.6 is 15.9 Å². The van der Waals surface area contributed by atoms with Gasteiger partial charge in [-0.2, -0.15) is 18.3 Å². The lowest BCUT2D eigenvalue weighted by atomic mass is 10.1. The predicted molar refractivity (Wildman–Crippen MR) is 126 cm³/mol. The fourth-order valence-corrected chi connectivity index (χ4v) is 3.83. The number of para-hydroxylation sites is 2. The van der Waals surface area contributed by atoms with Crippen molar-refractivity contribution in [1.29, 1.82) is 0 Å². The first-order chi connectivity index (χ1) is 16.3. The van der Waals surface area contributed by atoms with E-state index in [1.54, 1.807) is 36.4 Å². The van der Waals surface area contributed by atoms with Crippen molar-refractivity contribution in [2.24, 2.45) is 0 Å². The Morgan fingerprint density at radius 3 is 2.35 bits per heavy atom. The fraction of sp³-hybridized carbons (Fsp3) is 0.0417. The molecule has 10 heteroatoms. The average molecular weight is 526 g/mol. The molecule has 0 bridgehead atoms. The molecule has 2 N–H and O–H groups in total. The summed E-state index contributed by atoms with van der Waals surface area (Å²) in [6, 6.07) is 20.4. The number of carbonyl (C=O) groups excluding carboxylic acids is 1. The Balaban J connectivity index is 1.41. The van der Waals surface area contributed by atoms with E-state index in [0.29, 0.717) is 20.7 Å². The van der Waals surface area contributed by atoms with Crippen LogP contribution in [0.4, 0.5) is 18.9 Å². The summed E-state index contributed by atoms with van der Waals surface area (Å²) in [6.45, 7) is 0. The number of anilines is 1. The molecule has 34 heavy (non-hydrogen) atoms. The number of carbonyl (C=O) groups is 1. The average Bonchev–Trinajstić information content (AvgIpc) is 3.45. The van der Waals surface area contributed by atoms with Crippen molar-refractivity contribution < 1.29 is 18.0 Å². The van der Waals surface area contributed by atoms with Crippen LogP contribution in [0.3, 0.4) is 0 Å². The van der Waals surface area contributed by atoms with Gasteiger partial charge in [-0.3, -0.25) is 4.79 Å². The molecule has 5 aromatic rings. The van der Waals surface area contributed by atoms with Crippen LogP contribution < -0.4 is 5.32 Å². The number of benzene rings is 3. The molecule has 0 radical (unpaired) electrons. The van der Waals surface area contributed by atoms with E-state index in [-0.39, 0.29) is 5.69 Å². The Morgan fingerprint density at radius 2 is 1.68 bits per heavy atom. The second kappa shape index (κ2) is 8.45. The minimum absolute atomic E-state index is 0.185. The van der Waals surface area contributed by atoms with E-state index in [2.05, 4.69) is 36.3 Å². The standard InChI is InChI=1S/C24H15BrF3N5O/c25-15-7-11-17(12-8-15)33-21(24(26,27)28)18(13-29-33)23(34)30-16-9-5-14(6-10-16)22-31-19-3-1-2-4-20(19)32-22/h1-13H,(H,30,34)(H,31,32). The summed E-state index contributed by atoms with van der Waals surface area (Å²) in [5, 5.41) is 6.35. The Hall–Kier alpha value is -3.92. The third-order valence-corrected chi connectivity index (χ3v) is 5.69. The van der Waals surface area contributed by atoms with E-state index < -0.39 is 23.3 Å². The molecule has 2 heterocycles. The SMILES string of the molecule is O=C(Nc1ccc(-c2nc3ccccc3[nH]2)cc1)c1cnn(-c2ccc(Br)cc2)c1C(F)(F)F. The highest BCUT2D eigenvalue weighted by atomic mass is 79.9. The Bertz CT molecular complexity index is 1460. The zero-order valence-corrected chi connectivity index (χ0v) is 18.9. The number of aromatic nitrogens is 4. The van der Waals surface area contributed by atoms with Crippen molar-refractivity contribution in [2.45, 2.75) is 6.18 Å². The number of imidazole rings is 1. The van der Waals surface area contributed by atoms with Crippen molar-refractivity contribution >= 4 is 38.6 Å². The molecule has 0 aliphatic rings. The van der Waals surface area contributed by atoms with E-state index in [9.17, 15) is 18.0 Å². The van der Waals surface area contributed by atoms with Crippen LogP contribution in [-0.2, 0) is 6.18 Å². The lowest BCUT2D eigenvalue weighted by Gasteiger charge is -2.13. The molecule has 0 atom stereocenters. The highest BCUT2D eigenvalue weighted by Gasteiger charge is 2.40. The van der Waals surface area contributed by atoms with E-state index in [1.165, 1.54) is 12.1 Å². The summed E-state index contributed by atoms with van der Waals surface area (Å²) >= 11 is 3.25. The summed E-state index contributed by atoms with van der Waals surface area (Å²) in [5.74, 6) is -0.263. The summed E-state index contributed by atoms with van der Waals surface area (Å²) in [4.78, 5) is 20.5. The van der Waals surface area contributed by atoms with Gasteiger partial charge in [-0.05, 0) is 60.7 Å². The van der Waals surface area contributed by atoms with Crippen molar-refractivity contribution in [3.63, 3.8) is 0 Å². The fourth-order valence-electron chi connectivity index (χ4n) is 3.56. The summed E-state index contributed by atoms with van der Waals surface area (Å²) < 4.78 is 43.0. The van der Waals surface area contributed by atoms with Gasteiger partial charge in [-0.15, -0.1) is 0 Å². The van der Waals surface area contributed by atoms with Gasteiger partial charge in [0.25, 0.3) is 5.91 Å². The number of aromatic amines is 1. The quantitative estimate of drug-likeness (QED) is 0.283. The van der Waals surface area contributed by atoms with Gasteiger partial charge >= 0.3 is 6.18 Å². The van der Waals surface area contributed by atoms with Gasteiger partial charge in [-0.25, -0.2) is 9.67 Å². The highest BCUT2D eigenvalue weighted by molar-refractivity contribution is 9.10. The van der Waals surface area contributed by atoms with Crippen LogP contribution in [0.5, 0.6) is 0 Å². The molecule has 170 valence electrons. The monoisotopic (exact) mass is 525 g/mol. The third-order valence-electron chi connectivity index (χ3n) is 5.16. The zero-order chi connectivity index (χ0) is 23.9. The van der Waals surface area contributed by atoms with Gasteiger partial charge in [-0.1, -0.05) is 28.1 Å². The molecular weight excluding hydrogens is 511 g/mol. The Labute approximate surface area is 199 Å². The number of hydrogen-bond donors (Lipinski definition) is 2. The van der Waals surface area contributed by atoms with Crippen LogP contribution in [0.15, 0.2) is 83.5 Å². The minimum atomic E-state index is -4.79. The predicted octanol–water partition coefficient (Wildman–Crippen LogP) is 6.45. The van der Waals surface area contributed by atoms with Crippen molar-refractivity contribution in [1.82, 2.24) is 19.7 Å². The van der Waals surface area contributed by atoms with Gasteiger partial charge in [0, 0.05) is 15.7 Å². The molecule has 2 aromatic heterocycles. The molecule has 5 rings (SSSR count). The lowest BCUT2D eigenvalue weighted by Crippen LogP contribution is -2.20. The van der Waals surface area contributed by atoms with E-state index in [1.807, 2.05) is 24.3 Å². The molecule has 0 aliphatic heterocycles. The maximum Gasteiger partial charge on any atom is 0.434 e. The molecule has 1 amide bonds. The van der Waals surface area contributed by atoms with Gasteiger partial charge in [0.1, 0.15) is 5.82 Å². The number of halogens is 4. The van der Waals surface area contributed by atoms with Gasteiger partial charge in [0.15, 0.2) is 5.69 Å². The highest BCUT2D eigenvalue weighted by Crippen LogP contribution is 2.34. The first-order valence-electron chi connectivity index (χ1n) is 10.1. The first-order valence-corrected chi connectivity index (χ1v) is 10.9. The number of rotatable bonds is 4. The Kier molecular flexibility index (Phi) is 5.45. The van der Waals surface area contributed by atoms with Crippen LogP contribution in [0.1, 0.15) is 16.1 Å². The molecule has 0 saturated heterocycles. The number of alkyl halides is 3. The normalized spacial score (nSPS) is 11.6. The first kappa shape index (κ1) is 21.9. The number of hydrogen-bond acceptors (Lipinski definition) is 3. The van der Waals surface area contributed by atoms with E-state index >= 15 is 0 Å². The van der Waals surface area contributed by atoms with E-state index in [4.69, 9.17) is 0 Å². The third kappa shape index (κ3) is 4.19. The molecule has 6 nitrogen and oxygen atoms in total. The summed E-state index contributed by atoms with van der Waals surface area (Å²) in [6.07, 6.45) is -3.87.